The summed E-state index contributed by atoms with van der Waals surface area (Å²) in [7, 11) is 0. The van der Waals surface area contributed by atoms with E-state index in [9.17, 15) is 14.4 Å². The summed E-state index contributed by atoms with van der Waals surface area (Å²) in [6.07, 6.45) is 1.16. The van der Waals surface area contributed by atoms with E-state index in [1.807, 2.05) is 0 Å². The number of carbonyl (C=O) groups excluding carboxylic acids is 2. The zero-order valence-electron chi connectivity index (χ0n) is 8.12. The summed E-state index contributed by atoms with van der Waals surface area (Å²) in [5.41, 5.74) is 4.81. The minimum atomic E-state index is -1.25. The number of aliphatic carboxylic acids is 1. The molecule has 0 saturated heterocycles. The van der Waals surface area contributed by atoms with Gasteiger partial charge in [0.1, 0.15) is 19.4 Å². The van der Waals surface area contributed by atoms with Gasteiger partial charge >= 0.3 is 5.97 Å². The SMILES string of the molecule is NC(=O)CN(CC(=O)O)C(=O)c1ccon1. The molecule has 0 aliphatic carbocycles. The first-order valence-corrected chi connectivity index (χ1v) is 4.20. The van der Waals surface area contributed by atoms with Gasteiger partial charge in [-0.05, 0) is 0 Å². The Hall–Kier alpha value is -2.38. The maximum absolute atomic E-state index is 11.6. The van der Waals surface area contributed by atoms with Gasteiger partial charge < -0.3 is 20.3 Å². The molecule has 0 aliphatic rings. The van der Waals surface area contributed by atoms with E-state index < -0.39 is 30.9 Å². The average Bonchev–Trinajstić information content (AvgIpc) is 2.66. The number of carboxylic acid groups (broad SMARTS) is 1. The van der Waals surface area contributed by atoms with Crippen molar-refractivity contribution in [1.82, 2.24) is 10.1 Å². The first kappa shape index (κ1) is 11.7. The van der Waals surface area contributed by atoms with Gasteiger partial charge in [0.05, 0.1) is 0 Å². The van der Waals surface area contributed by atoms with Crippen LogP contribution in [0.25, 0.3) is 0 Å². The molecule has 1 aromatic heterocycles. The predicted molar refractivity (Wildman–Crippen MR) is 49.2 cm³/mol. The molecule has 0 unspecified atom stereocenters. The van der Waals surface area contributed by atoms with E-state index in [0.29, 0.717) is 0 Å². The molecule has 3 N–H and O–H groups in total. The van der Waals surface area contributed by atoms with Crippen molar-refractivity contribution in [3.05, 3.63) is 18.0 Å². The third-order valence-electron chi connectivity index (χ3n) is 1.62. The Morgan fingerprint density at radius 1 is 1.44 bits per heavy atom. The Kier molecular flexibility index (Phi) is 3.59. The molecule has 16 heavy (non-hydrogen) atoms. The van der Waals surface area contributed by atoms with Crippen molar-refractivity contribution in [3.63, 3.8) is 0 Å². The molecule has 0 atom stereocenters. The Balaban J connectivity index is 2.79. The van der Waals surface area contributed by atoms with Gasteiger partial charge in [-0.25, -0.2) is 0 Å². The second-order valence-corrected chi connectivity index (χ2v) is 2.91. The molecule has 0 aliphatic heterocycles. The standard InChI is InChI=1S/C8H9N3O5/c9-6(12)3-11(4-7(13)14)8(15)5-1-2-16-10-5/h1-2H,3-4H2,(H2,9,12)(H,13,14). The minimum absolute atomic E-state index is 0.0810. The summed E-state index contributed by atoms with van der Waals surface area (Å²) in [6, 6.07) is 1.26. The summed E-state index contributed by atoms with van der Waals surface area (Å²) < 4.78 is 4.43. The van der Waals surface area contributed by atoms with Crippen molar-refractivity contribution < 1.29 is 24.0 Å². The number of rotatable bonds is 5. The van der Waals surface area contributed by atoms with E-state index in [1.54, 1.807) is 0 Å². The van der Waals surface area contributed by atoms with Gasteiger partial charge in [0.25, 0.3) is 5.91 Å². The number of carboxylic acids is 1. The second kappa shape index (κ2) is 4.91. The molecule has 1 aromatic rings. The summed E-state index contributed by atoms with van der Waals surface area (Å²) in [5.74, 6) is -2.79. The molecule has 86 valence electrons. The second-order valence-electron chi connectivity index (χ2n) is 2.91. The van der Waals surface area contributed by atoms with Crippen molar-refractivity contribution in [3.8, 4) is 0 Å². The van der Waals surface area contributed by atoms with Crippen LogP contribution in [0.4, 0.5) is 0 Å². The molecule has 0 aromatic carbocycles. The van der Waals surface area contributed by atoms with Gasteiger partial charge in [0.15, 0.2) is 5.69 Å². The number of amides is 2. The van der Waals surface area contributed by atoms with Gasteiger partial charge in [-0.3, -0.25) is 14.4 Å². The van der Waals surface area contributed by atoms with Crippen molar-refractivity contribution in [1.29, 1.82) is 0 Å². The van der Waals surface area contributed by atoms with Crippen LogP contribution in [0.15, 0.2) is 16.9 Å². The molecule has 0 spiro atoms. The van der Waals surface area contributed by atoms with Crippen LogP contribution in [0, 0.1) is 0 Å². The van der Waals surface area contributed by atoms with Gasteiger partial charge in [0.2, 0.25) is 5.91 Å². The maximum Gasteiger partial charge on any atom is 0.323 e. The van der Waals surface area contributed by atoms with Crippen molar-refractivity contribution in [2.75, 3.05) is 13.1 Å². The number of nitrogens with zero attached hydrogens (tertiary/aromatic N) is 2. The van der Waals surface area contributed by atoms with E-state index in [-0.39, 0.29) is 5.69 Å². The van der Waals surface area contributed by atoms with E-state index in [4.69, 9.17) is 10.8 Å². The fourth-order valence-corrected chi connectivity index (χ4v) is 1.04. The lowest BCUT2D eigenvalue weighted by atomic mass is 10.3. The predicted octanol–water partition coefficient (Wildman–Crippen LogP) is -1.31. The lowest BCUT2D eigenvalue weighted by Crippen LogP contribution is -2.41. The molecular weight excluding hydrogens is 218 g/mol. The quantitative estimate of drug-likeness (QED) is 0.642. The van der Waals surface area contributed by atoms with Crippen LogP contribution < -0.4 is 5.73 Å². The van der Waals surface area contributed by atoms with Crippen LogP contribution in [0.1, 0.15) is 10.5 Å². The largest absolute Gasteiger partial charge is 0.480 e. The number of nitrogens with two attached hydrogens (primary N) is 1. The highest BCUT2D eigenvalue weighted by molar-refractivity contribution is 5.96. The van der Waals surface area contributed by atoms with E-state index >= 15 is 0 Å². The van der Waals surface area contributed by atoms with Gasteiger partial charge in [-0.1, -0.05) is 5.16 Å². The first-order valence-electron chi connectivity index (χ1n) is 4.20. The van der Waals surface area contributed by atoms with Crippen LogP contribution in [0.3, 0.4) is 0 Å². The van der Waals surface area contributed by atoms with Gasteiger partial charge in [-0.15, -0.1) is 0 Å². The molecule has 0 bridgehead atoms. The lowest BCUT2D eigenvalue weighted by Gasteiger charge is -2.16. The van der Waals surface area contributed by atoms with Crippen LogP contribution in [-0.4, -0.2) is 46.0 Å². The highest BCUT2D eigenvalue weighted by Crippen LogP contribution is 2.01. The molecule has 0 saturated carbocycles. The van der Waals surface area contributed by atoms with Crippen LogP contribution in [-0.2, 0) is 9.59 Å². The third-order valence-corrected chi connectivity index (χ3v) is 1.62. The molecular formula is C8H9N3O5. The van der Waals surface area contributed by atoms with Crippen molar-refractivity contribution in [2.45, 2.75) is 0 Å². The average molecular weight is 227 g/mol. The van der Waals surface area contributed by atoms with E-state index in [2.05, 4.69) is 9.68 Å². The molecule has 2 amide bonds. The van der Waals surface area contributed by atoms with Gasteiger partial charge in [-0.2, -0.15) is 0 Å². The van der Waals surface area contributed by atoms with Crippen LogP contribution in [0.2, 0.25) is 0 Å². The number of primary amides is 1. The maximum atomic E-state index is 11.6. The summed E-state index contributed by atoms with van der Waals surface area (Å²) in [5, 5.41) is 11.9. The van der Waals surface area contributed by atoms with E-state index in [0.717, 1.165) is 11.2 Å². The highest BCUT2D eigenvalue weighted by atomic mass is 16.5. The molecule has 0 radical (unpaired) electrons. The Morgan fingerprint density at radius 2 is 2.12 bits per heavy atom. The smallest absolute Gasteiger partial charge is 0.323 e. The van der Waals surface area contributed by atoms with Crippen molar-refractivity contribution in [2.24, 2.45) is 5.73 Å². The highest BCUT2D eigenvalue weighted by Gasteiger charge is 2.22. The Labute approximate surface area is 89.6 Å². The minimum Gasteiger partial charge on any atom is -0.480 e. The number of hydrogen-bond acceptors (Lipinski definition) is 5. The number of aromatic nitrogens is 1. The number of carbonyl (C=O) groups is 3. The molecule has 8 heteroatoms. The normalized spacial score (nSPS) is 9.75. The zero-order valence-corrected chi connectivity index (χ0v) is 8.12. The summed E-state index contributed by atoms with van der Waals surface area (Å²) in [4.78, 5) is 33.5. The molecule has 0 fully saturated rings. The van der Waals surface area contributed by atoms with Gasteiger partial charge in [0, 0.05) is 6.07 Å². The summed E-state index contributed by atoms with van der Waals surface area (Å²) >= 11 is 0. The number of hydrogen-bond donors (Lipinski definition) is 2. The molecule has 1 rings (SSSR count). The first-order chi connectivity index (χ1) is 7.50. The Bertz CT molecular complexity index is 384. The van der Waals surface area contributed by atoms with E-state index in [1.165, 1.54) is 6.07 Å². The van der Waals surface area contributed by atoms with Crippen LogP contribution >= 0.6 is 0 Å². The Morgan fingerprint density at radius 3 is 2.56 bits per heavy atom. The monoisotopic (exact) mass is 227 g/mol. The lowest BCUT2D eigenvalue weighted by molar-refractivity contribution is -0.138. The van der Waals surface area contributed by atoms with Crippen molar-refractivity contribution >= 4 is 17.8 Å². The zero-order chi connectivity index (χ0) is 12.1. The summed E-state index contributed by atoms with van der Waals surface area (Å²) in [6.45, 7) is -1.12. The molecule has 1 heterocycles. The third kappa shape index (κ3) is 3.08. The molecule has 8 nitrogen and oxygen atoms in total. The topological polar surface area (TPSA) is 127 Å². The fraction of sp³-hybridized carbons (Fsp3) is 0.250. The fourth-order valence-electron chi connectivity index (χ4n) is 1.04. The van der Waals surface area contributed by atoms with Crippen LogP contribution in [0.5, 0.6) is 0 Å².